The number of thioether (sulfide) groups is 1. The van der Waals surface area contributed by atoms with Gasteiger partial charge in [-0.3, -0.25) is 4.79 Å². The molecule has 2 heterocycles. The van der Waals surface area contributed by atoms with E-state index in [1.807, 2.05) is 30.3 Å². The molecule has 0 atom stereocenters. The molecule has 132 valence electrons. The van der Waals surface area contributed by atoms with Crippen LogP contribution in [0.2, 0.25) is 0 Å². The molecule has 0 saturated carbocycles. The molecule has 0 bridgehead atoms. The fourth-order valence-electron chi connectivity index (χ4n) is 2.54. The summed E-state index contributed by atoms with van der Waals surface area (Å²) in [4.78, 5) is 29.5. The molecule has 1 aromatic carbocycles. The lowest BCUT2D eigenvalue weighted by Crippen LogP contribution is -2.46. The van der Waals surface area contributed by atoms with Crippen molar-refractivity contribution in [1.29, 1.82) is 0 Å². The Labute approximate surface area is 147 Å². The molecule has 10 heteroatoms. The zero-order valence-electron chi connectivity index (χ0n) is 14.1. The second-order valence-corrected chi connectivity index (χ2v) is 6.05. The van der Waals surface area contributed by atoms with Gasteiger partial charge in [-0.15, -0.1) is 0 Å². The molecule has 0 unspecified atom stereocenters. The lowest BCUT2D eigenvalue weighted by molar-refractivity contribution is 0.723. The van der Waals surface area contributed by atoms with Gasteiger partial charge in [0.15, 0.2) is 16.3 Å². The monoisotopic (exact) mass is 361 g/mol. The van der Waals surface area contributed by atoms with E-state index in [2.05, 4.69) is 21.3 Å². The van der Waals surface area contributed by atoms with Gasteiger partial charge in [0.05, 0.1) is 0 Å². The summed E-state index contributed by atoms with van der Waals surface area (Å²) < 4.78 is 3.75. The maximum atomic E-state index is 12.7. The standard InChI is InChI=1S/C15H19N7O2S/c1-16-20-11-12(21(17-2)15(24)22(18-3)13(11)23)19-14(20)25-9-10-7-5-4-6-8-10/h4-8,16-18H,9H2,1-3H3. The van der Waals surface area contributed by atoms with E-state index < -0.39 is 11.2 Å². The maximum absolute atomic E-state index is 12.7. The van der Waals surface area contributed by atoms with Crippen LogP contribution in [0.1, 0.15) is 5.56 Å². The van der Waals surface area contributed by atoms with Crippen LogP contribution in [0.4, 0.5) is 0 Å². The molecule has 0 aliphatic carbocycles. The second-order valence-electron chi connectivity index (χ2n) is 5.11. The topological polar surface area (TPSA) is 97.9 Å². The number of nitrogens with one attached hydrogen (secondary N) is 3. The van der Waals surface area contributed by atoms with Crippen LogP contribution in [-0.2, 0) is 5.75 Å². The molecule has 0 amide bonds. The number of hydrogen-bond donors (Lipinski definition) is 3. The van der Waals surface area contributed by atoms with Gasteiger partial charge in [0.2, 0.25) is 0 Å². The smallest absolute Gasteiger partial charge is 0.326 e. The van der Waals surface area contributed by atoms with E-state index in [0.717, 1.165) is 10.2 Å². The van der Waals surface area contributed by atoms with Gasteiger partial charge in [-0.1, -0.05) is 42.1 Å². The van der Waals surface area contributed by atoms with E-state index in [0.29, 0.717) is 10.9 Å². The van der Waals surface area contributed by atoms with Crippen LogP contribution in [0.15, 0.2) is 45.1 Å². The Morgan fingerprint density at radius 1 is 0.960 bits per heavy atom. The number of nitrogens with zero attached hydrogens (tertiary/aromatic N) is 4. The van der Waals surface area contributed by atoms with Gasteiger partial charge in [-0.2, -0.15) is 9.35 Å². The molecular formula is C15H19N7O2S. The molecule has 3 aromatic rings. The molecule has 3 N–H and O–H groups in total. The van der Waals surface area contributed by atoms with Gasteiger partial charge in [0, 0.05) is 26.9 Å². The third-order valence-electron chi connectivity index (χ3n) is 3.71. The lowest BCUT2D eigenvalue weighted by atomic mass is 10.2. The zero-order chi connectivity index (χ0) is 18.0. The number of aromatic nitrogens is 4. The Morgan fingerprint density at radius 3 is 2.20 bits per heavy atom. The molecule has 9 nitrogen and oxygen atoms in total. The summed E-state index contributed by atoms with van der Waals surface area (Å²) in [5, 5.41) is 0.593. The minimum Gasteiger partial charge on any atom is -0.326 e. The summed E-state index contributed by atoms with van der Waals surface area (Å²) in [5.74, 6) is 0.690. The molecule has 0 aliphatic heterocycles. The van der Waals surface area contributed by atoms with Crippen LogP contribution in [-0.4, -0.2) is 40.2 Å². The van der Waals surface area contributed by atoms with E-state index in [1.165, 1.54) is 23.5 Å². The summed E-state index contributed by atoms with van der Waals surface area (Å²) in [7, 11) is 4.81. The molecule has 0 spiro atoms. The van der Waals surface area contributed by atoms with Gasteiger partial charge in [-0.25, -0.2) is 14.5 Å². The molecule has 25 heavy (non-hydrogen) atoms. The van der Waals surface area contributed by atoms with Crippen molar-refractivity contribution in [3.63, 3.8) is 0 Å². The highest BCUT2D eigenvalue weighted by Crippen LogP contribution is 2.23. The Morgan fingerprint density at radius 2 is 1.60 bits per heavy atom. The van der Waals surface area contributed by atoms with Crippen molar-refractivity contribution < 1.29 is 0 Å². The minimum absolute atomic E-state index is 0.272. The zero-order valence-corrected chi connectivity index (χ0v) is 14.9. The number of imidazole rings is 1. The van der Waals surface area contributed by atoms with E-state index in [9.17, 15) is 9.59 Å². The normalized spacial score (nSPS) is 10.8. The first kappa shape index (κ1) is 17.0. The van der Waals surface area contributed by atoms with Crippen LogP contribution < -0.4 is 27.5 Å². The van der Waals surface area contributed by atoms with Crippen molar-refractivity contribution in [2.24, 2.45) is 0 Å². The van der Waals surface area contributed by atoms with Crippen molar-refractivity contribution in [3.8, 4) is 0 Å². The molecule has 0 radical (unpaired) electrons. The average molecular weight is 361 g/mol. The molecule has 2 aromatic heterocycles. The first-order valence-corrected chi connectivity index (χ1v) is 8.61. The summed E-state index contributed by atoms with van der Waals surface area (Å²) in [6.45, 7) is 0. The Bertz CT molecular complexity index is 1010. The van der Waals surface area contributed by atoms with Crippen LogP contribution in [0.25, 0.3) is 11.2 Å². The summed E-state index contributed by atoms with van der Waals surface area (Å²) in [5.41, 5.74) is 9.02. The minimum atomic E-state index is -0.539. The van der Waals surface area contributed by atoms with Gasteiger partial charge < -0.3 is 16.3 Å². The Kier molecular flexibility index (Phi) is 4.70. The maximum Gasteiger partial charge on any atom is 0.370 e. The van der Waals surface area contributed by atoms with Crippen molar-refractivity contribution in [3.05, 3.63) is 56.7 Å². The van der Waals surface area contributed by atoms with Crippen molar-refractivity contribution in [1.82, 2.24) is 19.0 Å². The Balaban J connectivity index is 2.16. The first-order valence-electron chi connectivity index (χ1n) is 7.62. The van der Waals surface area contributed by atoms with Crippen molar-refractivity contribution >= 4 is 22.9 Å². The van der Waals surface area contributed by atoms with Crippen molar-refractivity contribution in [2.45, 2.75) is 10.9 Å². The van der Waals surface area contributed by atoms with Crippen LogP contribution in [0.3, 0.4) is 0 Å². The highest BCUT2D eigenvalue weighted by Gasteiger charge is 2.21. The van der Waals surface area contributed by atoms with Crippen LogP contribution >= 0.6 is 11.8 Å². The second kappa shape index (κ2) is 6.93. The highest BCUT2D eigenvalue weighted by molar-refractivity contribution is 7.98. The number of fused-ring (bicyclic) bond motifs is 1. The Hall–Kier alpha value is -2.88. The van der Waals surface area contributed by atoms with E-state index >= 15 is 0 Å². The van der Waals surface area contributed by atoms with E-state index in [-0.39, 0.29) is 11.2 Å². The molecule has 3 rings (SSSR count). The van der Waals surface area contributed by atoms with Crippen LogP contribution in [0.5, 0.6) is 0 Å². The quantitative estimate of drug-likeness (QED) is 0.539. The predicted octanol–water partition coefficient (Wildman–Crippen LogP) is 0.172. The first-order chi connectivity index (χ1) is 12.1. The fourth-order valence-corrected chi connectivity index (χ4v) is 3.50. The number of rotatable bonds is 6. The van der Waals surface area contributed by atoms with Crippen molar-refractivity contribution in [2.75, 3.05) is 37.4 Å². The number of benzene rings is 1. The molecular weight excluding hydrogens is 342 g/mol. The summed E-state index contributed by atoms with van der Waals surface area (Å²) in [6, 6.07) is 9.96. The predicted molar refractivity (Wildman–Crippen MR) is 100 cm³/mol. The third-order valence-corrected chi connectivity index (χ3v) is 4.72. The third kappa shape index (κ3) is 2.84. The van der Waals surface area contributed by atoms with Gasteiger partial charge >= 0.3 is 11.2 Å². The number of hydrogen-bond acceptors (Lipinski definition) is 7. The largest absolute Gasteiger partial charge is 0.370 e. The average Bonchev–Trinajstić information content (AvgIpc) is 3.00. The lowest BCUT2D eigenvalue weighted by Gasteiger charge is -2.11. The molecule has 0 saturated heterocycles. The van der Waals surface area contributed by atoms with E-state index in [4.69, 9.17) is 0 Å². The van der Waals surface area contributed by atoms with Crippen LogP contribution in [0, 0.1) is 0 Å². The van der Waals surface area contributed by atoms with Gasteiger partial charge in [0.1, 0.15) is 0 Å². The van der Waals surface area contributed by atoms with Gasteiger partial charge in [0.25, 0.3) is 0 Å². The molecule has 0 aliphatic rings. The SMILES string of the molecule is CNn1c(=O)c2c(nc(SCc3ccccc3)n2NC)n(NC)c1=O. The van der Waals surface area contributed by atoms with E-state index in [1.54, 1.807) is 18.8 Å². The fraction of sp³-hybridized carbons (Fsp3) is 0.267. The summed E-state index contributed by atoms with van der Waals surface area (Å²) >= 11 is 1.48. The highest BCUT2D eigenvalue weighted by atomic mass is 32.2. The van der Waals surface area contributed by atoms with Gasteiger partial charge in [-0.05, 0) is 5.56 Å². The molecule has 0 fully saturated rings. The summed E-state index contributed by atoms with van der Waals surface area (Å²) in [6.07, 6.45) is 0.